The third kappa shape index (κ3) is 6.55. The quantitative estimate of drug-likeness (QED) is 0.650. The Kier molecular flexibility index (Phi) is 5.91. The molecule has 0 aromatic carbocycles. The molecular formula is C9H21O4P. The standard InChI is InChI=1S/C9H21O4P/c1-6-11-14(10,12-7-2)13-8-9(3,4)5/h6-8H2,1-5H3. The van der Waals surface area contributed by atoms with Gasteiger partial charge in [0.15, 0.2) is 0 Å². The summed E-state index contributed by atoms with van der Waals surface area (Å²) in [5.74, 6) is 0. The molecule has 0 rings (SSSR count). The Hall–Kier alpha value is 0.110. The van der Waals surface area contributed by atoms with E-state index in [9.17, 15) is 4.57 Å². The Bertz CT molecular complexity index is 187. The zero-order valence-electron chi connectivity index (χ0n) is 9.70. The van der Waals surface area contributed by atoms with Gasteiger partial charge in [-0.1, -0.05) is 20.8 Å². The van der Waals surface area contributed by atoms with Crippen molar-refractivity contribution in [3.8, 4) is 0 Å². The smallest absolute Gasteiger partial charge is 0.287 e. The number of phosphoric acid groups is 1. The Morgan fingerprint density at radius 1 is 1.00 bits per heavy atom. The lowest BCUT2D eigenvalue weighted by atomic mass is 9.99. The summed E-state index contributed by atoms with van der Waals surface area (Å²) in [6, 6.07) is 0. The van der Waals surface area contributed by atoms with Crippen LogP contribution in [0.4, 0.5) is 0 Å². The van der Waals surface area contributed by atoms with Crippen molar-refractivity contribution >= 4 is 7.82 Å². The van der Waals surface area contributed by atoms with E-state index in [1.807, 2.05) is 20.8 Å². The molecule has 0 amide bonds. The molecule has 86 valence electrons. The first-order valence-corrected chi connectivity index (χ1v) is 6.32. The molecule has 0 radical (unpaired) electrons. The highest BCUT2D eigenvalue weighted by Gasteiger charge is 2.27. The third-order valence-corrected chi connectivity index (χ3v) is 2.82. The van der Waals surface area contributed by atoms with E-state index in [1.165, 1.54) is 0 Å². The van der Waals surface area contributed by atoms with Gasteiger partial charge in [-0.3, -0.25) is 13.6 Å². The lowest BCUT2D eigenvalue weighted by molar-refractivity contribution is 0.0915. The van der Waals surface area contributed by atoms with Gasteiger partial charge in [-0.15, -0.1) is 0 Å². The minimum absolute atomic E-state index is 0.0517. The molecule has 0 aromatic rings. The highest BCUT2D eigenvalue weighted by Crippen LogP contribution is 2.50. The molecule has 0 saturated heterocycles. The molecule has 0 aliphatic carbocycles. The van der Waals surface area contributed by atoms with Crippen LogP contribution in [0.2, 0.25) is 0 Å². The maximum Gasteiger partial charge on any atom is 0.474 e. The second-order valence-electron chi connectivity index (χ2n) is 4.12. The number of rotatable bonds is 6. The average Bonchev–Trinajstić information content (AvgIpc) is 2.01. The van der Waals surface area contributed by atoms with Gasteiger partial charge in [0, 0.05) is 0 Å². The van der Waals surface area contributed by atoms with Crippen LogP contribution in [0.15, 0.2) is 0 Å². The first-order valence-electron chi connectivity index (χ1n) is 4.86. The fourth-order valence-corrected chi connectivity index (χ4v) is 2.10. The van der Waals surface area contributed by atoms with Crippen LogP contribution in [0.1, 0.15) is 34.6 Å². The Labute approximate surface area is 86.5 Å². The molecule has 0 bridgehead atoms. The van der Waals surface area contributed by atoms with Crippen LogP contribution in [0, 0.1) is 5.41 Å². The van der Waals surface area contributed by atoms with E-state index in [0.717, 1.165) is 0 Å². The molecule has 0 heterocycles. The highest BCUT2D eigenvalue weighted by molar-refractivity contribution is 7.48. The topological polar surface area (TPSA) is 44.8 Å². The van der Waals surface area contributed by atoms with Crippen molar-refractivity contribution in [2.75, 3.05) is 19.8 Å². The maximum absolute atomic E-state index is 11.8. The van der Waals surface area contributed by atoms with Gasteiger partial charge >= 0.3 is 7.82 Å². The van der Waals surface area contributed by atoms with Gasteiger partial charge in [-0.2, -0.15) is 0 Å². The van der Waals surface area contributed by atoms with Gasteiger partial charge in [0.2, 0.25) is 0 Å². The Morgan fingerprint density at radius 2 is 1.43 bits per heavy atom. The van der Waals surface area contributed by atoms with E-state index < -0.39 is 7.82 Å². The van der Waals surface area contributed by atoms with E-state index in [1.54, 1.807) is 13.8 Å². The van der Waals surface area contributed by atoms with Crippen molar-refractivity contribution in [1.82, 2.24) is 0 Å². The summed E-state index contributed by atoms with van der Waals surface area (Å²) in [5, 5.41) is 0. The lowest BCUT2D eigenvalue weighted by Gasteiger charge is -2.22. The summed E-state index contributed by atoms with van der Waals surface area (Å²) in [6.45, 7) is 10.5. The van der Waals surface area contributed by atoms with E-state index in [2.05, 4.69) is 0 Å². The van der Waals surface area contributed by atoms with Crippen LogP contribution < -0.4 is 0 Å². The largest absolute Gasteiger partial charge is 0.474 e. The molecule has 0 spiro atoms. The van der Waals surface area contributed by atoms with Crippen molar-refractivity contribution in [3.63, 3.8) is 0 Å². The van der Waals surface area contributed by atoms with E-state index in [4.69, 9.17) is 13.6 Å². The number of hydrogen-bond donors (Lipinski definition) is 0. The third-order valence-electron chi connectivity index (χ3n) is 1.23. The summed E-state index contributed by atoms with van der Waals surface area (Å²) in [4.78, 5) is 0. The number of hydrogen-bond acceptors (Lipinski definition) is 4. The van der Waals surface area contributed by atoms with Crippen LogP contribution >= 0.6 is 7.82 Å². The minimum Gasteiger partial charge on any atom is -0.287 e. The summed E-state index contributed by atoms with van der Waals surface area (Å²) < 4.78 is 26.9. The molecule has 0 saturated carbocycles. The Balaban J connectivity index is 4.16. The van der Waals surface area contributed by atoms with Gasteiger partial charge in [0.1, 0.15) is 0 Å². The molecule has 0 aliphatic rings. The van der Waals surface area contributed by atoms with Gasteiger partial charge in [0.05, 0.1) is 19.8 Å². The summed E-state index contributed by atoms with van der Waals surface area (Å²) in [6.07, 6.45) is 0. The monoisotopic (exact) mass is 224 g/mol. The van der Waals surface area contributed by atoms with Crippen molar-refractivity contribution in [3.05, 3.63) is 0 Å². The fourth-order valence-electron chi connectivity index (χ4n) is 0.701. The molecule has 5 heteroatoms. The molecular weight excluding hydrogens is 203 g/mol. The SMILES string of the molecule is CCOP(=O)(OCC)OCC(C)(C)C. The molecule has 14 heavy (non-hydrogen) atoms. The highest BCUT2D eigenvalue weighted by atomic mass is 31.2. The summed E-state index contributed by atoms with van der Waals surface area (Å²) in [5.41, 5.74) is -0.0517. The Morgan fingerprint density at radius 3 is 1.71 bits per heavy atom. The van der Waals surface area contributed by atoms with Crippen LogP contribution in [0.5, 0.6) is 0 Å². The van der Waals surface area contributed by atoms with Crippen molar-refractivity contribution in [2.24, 2.45) is 5.41 Å². The van der Waals surface area contributed by atoms with Crippen LogP contribution in [-0.2, 0) is 18.1 Å². The average molecular weight is 224 g/mol. The van der Waals surface area contributed by atoms with Crippen molar-refractivity contribution in [1.29, 1.82) is 0 Å². The second kappa shape index (κ2) is 5.86. The lowest BCUT2D eigenvalue weighted by Crippen LogP contribution is -2.15. The van der Waals surface area contributed by atoms with E-state index in [0.29, 0.717) is 19.8 Å². The molecule has 0 aliphatic heterocycles. The van der Waals surface area contributed by atoms with Crippen LogP contribution in [-0.4, -0.2) is 19.8 Å². The van der Waals surface area contributed by atoms with Crippen LogP contribution in [0.25, 0.3) is 0 Å². The zero-order chi connectivity index (χ0) is 11.2. The first kappa shape index (κ1) is 14.1. The minimum atomic E-state index is -3.32. The van der Waals surface area contributed by atoms with Crippen molar-refractivity contribution in [2.45, 2.75) is 34.6 Å². The molecule has 0 atom stereocenters. The predicted molar refractivity (Wildman–Crippen MR) is 56.3 cm³/mol. The molecule has 4 nitrogen and oxygen atoms in total. The van der Waals surface area contributed by atoms with Gasteiger partial charge in [-0.25, -0.2) is 4.57 Å². The van der Waals surface area contributed by atoms with Gasteiger partial charge in [-0.05, 0) is 19.3 Å². The summed E-state index contributed by atoms with van der Waals surface area (Å²) >= 11 is 0. The second-order valence-corrected chi connectivity index (χ2v) is 5.79. The van der Waals surface area contributed by atoms with Crippen LogP contribution in [0.3, 0.4) is 0 Å². The maximum atomic E-state index is 11.8. The zero-order valence-corrected chi connectivity index (χ0v) is 10.6. The first-order chi connectivity index (χ1) is 6.33. The molecule has 0 unspecified atom stereocenters. The van der Waals surface area contributed by atoms with Gasteiger partial charge in [0.25, 0.3) is 0 Å². The van der Waals surface area contributed by atoms with E-state index in [-0.39, 0.29) is 5.41 Å². The normalized spacial score (nSPS) is 13.2. The molecule has 0 aromatic heterocycles. The number of phosphoric ester groups is 1. The predicted octanol–water partition coefficient (Wildman–Crippen LogP) is 3.23. The molecule has 0 N–H and O–H groups in total. The molecule has 0 fully saturated rings. The van der Waals surface area contributed by atoms with Gasteiger partial charge < -0.3 is 0 Å². The van der Waals surface area contributed by atoms with E-state index >= 15 is 0 Å². The fraction of sp³-hybridized carbons (Fsp3) is 1.00. The van der Waals surface area contributed by atoms with Crippen molar-refractivity contribution < 1.29 is 18.1 Å². The summed E-state index contributed by atoms with van der Waals surface area (Å²) in [7, 11) is -3.32.